The first kappa shape index (κ1) is 16.9. The minimum Gasteiger partial charge on any atom is -0.494 e. The highest BCUT2D eigenvalue weighted by Crippen LogP contribution is 2.36. The van der Waals surface area contributed by atoms with E-state index in [0.717, 1.165) is 36.1 Å². The van der Waals surface area contributed by atoms with E-state index < -0.39 is 0 Å². The van der Waals surface area contributed by atoms with Crippen molar-refractivity contribution < 1.29 is 4.74 Å². The normalized spacial score (nSPS) is 20.8. The van der Waals surface area contributed by atoms with Crippen molar-refractivity contribution in [3.63, 3.8) is 0 Å². The number of hydrogen-bond donors (Lipinski definition) is 0. The van der Waals surface area contributed by atoms with Crippen LogP contribution in [0.4, 0.5) is 0 Å². The summed E-state index contributed by atoms with van der Waals surface area (Å²) >= 11 is 0. The summed E-state index contributed by atoms with van der Waals surface area (Å²) in [6, 6.07) is 8.06. The van der Waals surface area contributed by atoms with Crippen LogP contribution in [-0.4, -0.2) is 16.6 Å². The second-order valence-corrected chi connectivity index (χ2v) is 6.84. The molecule has 0 N–H and O–H groups in total. The van der Waals surface area contributed by atoms with Crippen molar-refractivity contribution in [1.29, 1.82) is 0 Å². The summed E-state index contributed by atoms with van der Waals surface area (Å²) in [5, 5.41) is 0. The van der Waals surface area contributed by atoms with Gasteiger partial charge in [0.05, 0.1) is 6.61 Å². The lowest BCUT2D eigenvalue weighted by molar-refractivity contribution is 0.317. The molecule has 1 saturated carbocycles. The Labute approximate surface area is 145 Å². The Morgan fingerprint density at radius 1 is 0.958 bits per heavy atom. The zero-order valence-electron chi connectivity index (χ0n) is 14.9. The summed E-state index contributed by atoms with van der Waals surface area (Å²) in [5.41, 5.74) is 2.34. The number of rotatable bonds is 6. The summed E-state index contributed by atoms with van der Waals surface area (Å²) < 4.78 is 5.62. The molecule has 0 spiro atoms. The van der Waals surface area contributed by atoms with Crippen LogP contribution in [0.5, 0.6) is 5.75 Å². The Kier molecular flexibility index (Phi) is 5.84. The maximum absolute atomic E-state index is 5.62. The Bertz CT molecular complexity index is 613. The third kappa shape index (κ3) is 4.14. The molecule has 1 aromatic heterocycles. The zero-order valence-corrected chi connectivity index (χ0v) is 14.9. The van der Waals surface area contributed by atoms with Crippen molar-refractivity contribution in [3.05, 3.63) is 42.2 Å². The molecule has 3 heteroatoms. The van der Waals surface area contributed by atoms with E-state index in [1.54, 1.807) is 0 Å². The van der Waals surface area contributed by atoms with Crippen LogP contribution in [0.1, 0.15) is 63.9 Å². The van der Waals surface area contributed by atoms with Gasteiger partial charge < -0.3 is 4.74 Å². The van der Waals surface area contributed by atoms with Gasteiger partial charge in [0.15, 0.2) is 5.82 Å². The lowest BCUT2D eigenvalue weighted by Crippen LogP contribution is -2.13. The van der Waals surface area contributed by atoms with E-state index in [0.29, 0.717) is 5.92 Å². The second-order valence-electron chi connectivity index (χ2n) is 6.84. The molecule has 0 radical (unpaired) electrons. The van der Waals surface area contributed by atoms with Gasteiger partial charge >= 0.3 is 0 Å². The van der Waals surface area contributed by atoms with Crippen molar-refractivity contribution in [1.82, 2.24) is 9.97 Å². The standard InChI is InChI=1S/C21H28N2O/c1-3-13-24-20-11-9-18(10-12-20)21-22-14-19(15-23-21)17-7-5-16(4-2)6-8-17/h9-12,14-17H,3-8,13H2,1-2H3/t16-,17-. The minimum absolute atomic E-state index is 0.645. The van der Waals surface area contributed by atoms with Gasteiger partial charge in [-0.05, 0) is 73.8 Å². The number of aromatic nitrogens is 2. The van der Waals surface area contributed by atoms with Gasteiger partial charge in [-0.25, -0.2) is 9.97 Å². The fourth-order valence-corrected chi connectivity index (χ4v) is 3.52. The number of hydrogen-bond acceptors (Lipinski definition) is 3. The van der Waals surface area contributed by atoms with Gasteiger partial charge in [0.25, 0.3) is 0 Å². The monoisotopic (exact) mass is 324 g/mol. The average Bonchev–Trinajstić information content (AvgIpc) is 2.67. The van der Waals surface area contributed by atoms with Crippen LogP contribution in [0.2, 0.25) is 0 Å². The predicted octanol–water partition coefficient (Wildman–Crippen LogP) is 5.62. The van der Waals surface area contributed by atoms with Gasteiger partial charge in [0.1, 0.15) is 5.75 Å². The van der Waals surface area contributed by atoms with Crippen molar-refractivity contribution in [2.24, 2.45) is 5.92 Å². The zero-order chi connectivity index (χ0) is 16.8. The summed E-state index contributed by atoms with van der Waals surface area (Å²) in [5.74, 6) is 3.27. The van der Waals surface area contributed by atoms with Gasteiger partial charge in [-0.1, -0.05) is 20.3 Å². The highest BCUT2D eigenvalue weighted by atomic mass is 16.5. The van der Waals surface area contributed by atoms with E-state index in [1.165, 1.54) is 37.7 Å². The Morgan fingerprint density at radius 3 is 2.21 bits per heavy atom. The molecule has 2 aromatic rings. The lowest BCUT2D eigenvalue weighted by Gasteiger charge is -2.27. The highest BCUT2D eigenvalue weighted by Gasteiger charge is 2.21. The molecule has 0 amide bonds. The fourth-order valence-electron chi connectivity index (χ4n) is 3.52. The van der Waals surface area contributed by atoms with E-state index in [-0.39, 0.29) is 0 Å². The average molecular weight is 324 g/mol. The van der Waals surface area contributed by atoms with Crippen LogP contribution in [-0.2, 0) is 0 Å². The molecule has 3 rings (SSSR count). The van der Waals surface area contributed by atoms with Crippen molar-refractivity contribution >= 4 is 0 Å². The minimum atomic E-state index is 0.645. The van der Waals surface area contributed by atoms with E-state index in [4.69, 9.17) is 4.74 Å². The molecular weight excluding hydrogens is 296 g/mol. The number of ether oxygens (including phenoxy) is 1. The third-order valence-corrected chi connectivity index (χ3v) is 5.15. The van der Waals surface area contributed by atoms with Crippen molar-refractivity contribution in [2.45, 2.75) is 58.3 Å². The molecule has 0 saturated heterocycles. The van der Waals surface area contributed by atoms with Crippen molar-refractivity contribution in [3.8, 4) is 17.1 Å². The fraction of sp³-hybridized carbons (Fsp3) is 0.524. The van der Waals surface area contributed by atoms with E-state index in [1.807, 2.05) is 36.7 Å². The molecule has 1 aliphatic carbocycles. The summed E-state index contributed by atoms with van der Waals surface area (Å²) in [7, 11) is 0. The molecule has 0 aliphatic heterocycles. The van der Waals surface area contributed by atoms with Crippen LogP contribution in [0.15, 0.2) is 36.7 Å². The molecule has 1 aromatic carbocycles. The largest absolute Gasteiger partial charge is 0.494 e. The first-order valence-electron chi connectivity index (χ1n) is 9.35. The smallest absolute Gasteiger partial charge is 0.159 e. The molecule has 1 fully saturated rings. The van der Waals surface area contributed by atoms with Gasteiger partial charge in [-0.15, -0.1) is 0 Å². The molecule has 0 unspecified atom stereocenters. The van der Waals surface area contributed by atoms with Gasteiger partial charge in [-0.2, -0.15) is 0 Å². The quantitative estimate of drug-likeness (QED) is 0.692. The Morgan fingerprint density at radius 2 is 1.62 bits per heavy atom. The van der Waals surface area contributed by atoms with Crippen LogP contribution in [0, 0.1) is 5.92 Å². The topological polar surface area (TPSA) is 35.0 Å². The second kappa shape index (κ2) is 8.27. The number of benzene rings is 1. The third-order valence-electron chi connectivity index (χ3n) is 5.15. The maximum Gasteiger partial charge on any atom is 0.159 e. The maximum atomic E-state index is 5.62. The Hall–Kier alpha value is -1.90. The molecule has 24 heavy (non-hydrogen) atoms. The van der Waals surface area contributed by atoms with Crippen LogP contribution in [0.3, 0.4) is 0 Å². The molecule has 1 aliphatic rings. The van der Waals surface area contributed by atoms with Gasteiger partial charge in [-0.3, -0.25) is 0 Å². The molecule has 3 nitrogen and oxygen atoms in total. The van der Waals surface area contributed by atoms with E-state index in [2.05, 4.69) is 23.8 Å². The predicted molar refractivity (Wildman–Crippen MR) is 98.2 cm³/mol. The highest BCUT2D eigenvalue weighted by molar-refractivity contribution is 5.56. The summed E-state index contributed by atoms with van der Waals surface area (Å²) in [6.07, 6.45) is 11.7. The van der Waals surface area contributed by atoms with Crippen molar-refractivity contribution in [2.75, 3.05) is 6.61 Å². The Balaban J connectivity index is 1.64. The molecule has 128 valence electrons. The van der Waals surface area contributed by atoms with Crippen LogP contribution < -0.4 is 4.74 Å². The first-order chi connectivity index (χ1) is 11.8. The molecule has 0 atom stereocenters. The summed E-state index contributed by atoms with van der Waals surface area (Å²) in [4.78, 5) is 9.21. The van der Waals surface area contributed by atoms with Crippen LogP contribution >= 0.6 is 0 Å². The molecular formula is C21H28N2O. The lowest BCUT2D eigenvalue weighted by atomic mass is 9.78. The van der Waals surface area contributed by atoms with E-state index in [9.17, 15) is 0 Å². The molecule has 0 bridgehead atoms. The SMILES string of the molecule is CCCOc1ccc(-c2ncc([C@H]3CC[C@H](CC)CC3)cn2)cc1. The van der Waals surface area contributed by atoms with E-state index >= 15 is 0 Å². The summed E-state index contributed by atoms with van der Waals surface area (Å²) in [6.45, 7) is 5.17. The van der Waals surface area contributed by atoms with Gasteiger partial charge in [0, 0.05) is 18.0 Å². The van der Waals surface area contributed by atoms with Crippen LogP contribution in [0.25, 0.3) is 11.4 Å². The van der Waals surface area contributed by atoms with Gasteiger partial charge in [0.2, 0.25) is 0 Å². The molecule has 1 heterocycles. The number of nitrogens with zero attached hydrogens (tertiary/aromatic N) is 2. The first-order valence-corrected chi connectivity index (χ1v) is 9.35.